The number of hydrogen-bond donors (Lipinski definition) is 1. The quantitative estimate of drug-likeness (QED) is 0.725. The van der Waals surface area contributed by atoms with E-state index in [2.05, 4.69) is 22.1 Å². The standard InChI is InChI=1S/C21H30ClN5O3/c1-13-9-14(24-20(28)30-21(2,3)4)12-26(13)19-15-11-23-17(22)10-16(15)27(25-19)18-7-5-6-8-29-18/h10-11,13-14,18H,5-9,12H2,1-4H3,(H,24,28). The first-order valence-electron chi connectivity index (χ1n) is 10.6. The van der Waals surface area contributed by atoms with E-state index in [1.165, 1.54) is 0 Å². The molecule has 4 heterocycles. The van der Waals surface area contributed by atoms with Crippen molar-refractivity contribution in [2.24, 2.45) is 0 Å². The summed E-state index contributed by atoms with van der Waals surface area (Å²) in [5, 5.41) is 9.31. The molecule has 4 rings (SSSR count). The van der Waals surface area contributed by atoms with E-state index in [4.69, 9.17) is 26.2 Å². The van der Waals surface area contributed by atoms with Crippen molar-refractivity contribution in [2.45, 2.75) is 77.3 Å². The lowest BCUT2D eigenvalue weighted by atomic mass is 10.2. The lowest BCUT2D eigenvalue weighted by Crippen LogP contribution is -2.40. The first-order valence-corrected chi connectivity index (χ1v) is 11.0. The number of rotatable bonds is 3. The maximum absolute atomic E-state index is 12.2. The van der Waals surface area contributed by atoms with Gasteiger partial charge in [0.25, 0.3) is 0 Å². The Balaban J connectivity index is 1.59. The van der Waals surface area contributed by atoms with Crippen molar-refractivity contribution in [2.75, 3.05) is 18.1 Å². The Kier molecular flexibility index (Phi) is 5.81. The highest BCUT2D eigenvalue weighted by Gasteiger charge is 2.34. The van der Waals surface area contributed by atoms with E-state index in [-0.39, 0.29) is 24.4 Å². The van der Waals surface area contributed by atoms with Crippen LogP contribution in [0.2, 0.25) is 5.15 Å². The second-order valence-corrected chi connectivity index (χ2v) is 9.58. The molecule has 0 spiro atoms. The van der Waals surface area contributed by atoms with Gasteiger partial charge in [-0.3, -0.25) is 0 Å². The molecule has 0 bridgehead atoms. The van der Waals surface area contributed by atoms with Gasteiger partial charge in [0.05, 0.1) is 16.9 Å². The number of anilines is 1. The van der Waals surface area contributed by atoms with Crippen LogP contribution in [0, 0.1) is 0 Å². The molecule has 3 atom stereocenters. The molecule has 2 aromatic heterocycles. The average molecular weight is 436 g/mol. The molecule has 2 aliphatic heterocycles. The molecule has 30 heavy (non-hydrogen) atoms. The number of nitrogens with one attached hydrogen (secondary N) is 1. The van der Waals surface area contributed by atoms with E-state index in [0.29, 0.717) is 11.7 Å². The molecule has 0 saturated carbocycles. The summed E-state index contributed by atoms with van der Waals surface area (Å²) in [6.07, 6.45) is 5.22. The molecule has 1 amide bonds. The van der Waals surface area contributed by atoms with Crippen molar-refractivity contribution in [1.29, 1.82) is 0 Å². The van der Waals surface area contributed by atoms with Crippen molar-refractivity contribution in [3.05, 3.63) is 17.4 Å². The number of alkyl carbamates (subject to hydrolysis) is 1. The Bertz CT molecular complexity index is 919. The second-order valence-electron chi connectivity index (χ2n) is 9.19. The molecule has 2 aliphatic rings. The minimum Gasteiger partial charge on any atom is -0.444 e. The highest BCUT2D eigenvalue weighted by atomic mass is 35.5. The van der Waals surface area contributed by atoms with Gasteiger partial charge in [0.15, 0.2) is 12.0 Å². The zero-order chi connectivity index (χ0) is 21.5. The van der Waals surface area contributed by atoms with E-state index in [1.807, 2.05) is 31.5 Å². The summed E-state index contributed by atoms with van der Waals surface area (Å²) in [6, 6.07) is 2.04. The minimum atomic E-state index is -0.520. The van der Waals surface area contributed by atoms with Gasteiger partial charge < -0.3 is 19.7 Å². The van der Waals surface area contributed by atoms with Crippen LogP contribution in [-0.2, 0) is 9.47 Å². The van der Waals surface area contributed by atoms with E-state index >= 15 is 0 Å². The summed E-state index contributed by atoms with van der Waals surface area (Å²) >= 11 is 6.19. The Morgan fingerprint density at radius 3 is 2.87 bits per heavy atom. The Morgan fingerprint density at radius 2 is 2.17 bits per heavy atom. The molecule has 0 aromatic carbocycles. The topological polar surface area (TPSA) is 81.5 Å². The van der Waals surface area contributed by atoms with Gasteiger partial charge >= 0.3 is 6.09 Å². The first-order chi connectivity index (χ1) is 14.2. The lowest BCUT2D eigenvalue weighted by Gasteiger charge is -2.24. The largest absolute Gasteiger partial charge is 0.444 e. The van der Waals surface area contributed by atoms with Gasteiger partial charge in [-0.1, -0.05) is 11.6 Å². The zero-order valence-corrected chi connectivity index (χ0v) is 18.8. The molecule has 9 heteroatoms. The van der Waals surface area contributed by atoms with Crippen LogP contribution in [0.4, 0.5) is 10.6 Å². The van der Waals surface area contributed by atoms with Gasteiger partial charge in [0.2, 0.25) is 0 Å². The van der Waals surface area contributed by atoms with Gasteiger partial charge in [0, 0.05) is 31.5 Å². The maximum atomic E-state index is 12.2. The van der Waals surface area contributed by atoms with Gasteiger partial charge in [0.1, 0.15) is 10.8 Å². The number of pyridine rings is 1. The molecule has 3 unspecified atom stereocenters. The van der Waals surface area contributed by atoms with Gasteiger partial charge in [-0.15, -0.1) is 0 Å². The molecule has 8 nitrogen and oxygen atoms in total. The minimum absolute atomic E-state index is 0.0127. The predicted octanol–water partition coefficient (Wildman–Crippen LogP) is 4.28. The summed E-state index contributed by atoms with van der Waals surface area (Å²) < 4.78 is 13.3. The summed E-state index contributed by atoms with van der Waals surface area (Å²) in [4.78, 5) is 18.7. The van der Waals surface area contributed by atoms with Crippen molar-refractivity contribution in [1.82, 2.24) is 20.1 Å². The van der Waals surface area contributed by atoms with Crippen LogP contribution in [-0.4, -0.2) is 51.7 Å². The molecule has 0 radical (unpaired) electrons. The highest BCUT2D eigenvalue weighted by molar-refractivity contribution is 6.30. The van der Waals surface area contributed by atoms with Crippen LogP contribution >= 0.6 is 11.6 Å². The monoisotopic (exact) mass is 435 g/mol. The maximum Gasteiger partial charge on any atom is 0.407 e. The average Bonchev–Trinajstić information content (AvgIpc) is 3.20. The summed E-state index contributed by atoms with van der Waals surface area (Å²) in [7, 11) is 0. The number of nitrogens with zero attached hydrogens (tertiary/aromatic N) is 4. The fourth-order valence-corrected chi connectivity index (χ4v) is 4.40. The Morgan fingerprint density at radius 1 is 1.37 bits per heavy atom. The third-order valence-electron chi connectivity index (χ3n) is 5.54. The van der Waals surface area contributed by atoms with E-state index in [0.717, 1.165) is 49.0 Å². The van der Waals surface area contributed by atoms with E-state index in [9.17, 15) is 4.79 Å². The van der Waals surface area contributed by atoms with Crippen LogP contribution < -0.4 is 10.2 Å². The Labute approximate surface area is 181 Å². The molecular weight excluding hydrogens is 406 g/mol. The summed E-state index contributed by atoms with van der Waals surface area (Å²) in [6.45, 7) is 9.12. The van der Waals surface area contributed by atoms with Crippen molar-refractivity contribution < 1.29 is 14.3 Å². The van der Waals surface area contributed by atoms with Crippen LogP contribution in [0.25, 0.3) is 10.9 Å². The SMILES string of the molecule is CC1CC(NC(=O)OC(C)(C)C)CN1c1nn(C2CCCCO2)c2cc(Cl)ncc12. The number of carbonyl (C=O) groups excluding carboxylic acids is 1. The molecule has 0 aliphatic carbocycles. The summed E-state index contributed by atoms with van der Waals surface area (Å²) in [5.41, 5.74) is 0.404. The first kappa shape index (κ1) is 21.2. The number of carbonyl (C=O) groups is 1. The zero-order valence-electron chi connectivity index (χ0n) is 18.0. The van der Waals surface area contributed by atoms with Crippen LogP contribution in [0.5, 0.6) is 0 Å². The molecule has 2 aromatic rings. The Hall–Kier alpha value is -2.06. The highest BCUT2D eigenvalue weighted by Crippen LogP contribution is 2.35. The fourth-order valence-electron chi connectivity index (χ4n) is 4.25. The number of fused-ring (bicyclic) bond motifs is 1. The van der Waals surface area contributed by atoms with Crippen molar-refractivity contribution >= 4 is 34.4 Å². The summed E-state index contributed by atoms with van der Waals surface area (Å²) in [5.74, 6) is 0.851. The number of hydrogen-bond acceptors (Lipinski definition) is 6. The normalized spacial score (nSPS) is 25.0. The van der Waals surface area contributed by atoms with E-state index < -0.39 is 5.60 Å². The fraction of sp³-hybridized carbons (Fsp3) is 0.667. The van der Waals surface area contributed by atoms with Crippen molar-refractivity contribution in [3.8, 4) is 0 Å². The molecule has 1 N–H and O–H groups in total. The molecule has 164 valence electrons. The van der Waals surface area contributed by atoms with Gasteiger partial charge in [-0.25, -0.2) is 14.5 Å². The van der Waals surface area contributed by atoms with Crippen LogP contribution in [0.15, 0.2) is 12.3 Å². The van der Waals surface area contributed by atoms with Gasteiger partial charge in [-0.2, -0.15) is 5.10 Å². The molecular formula is C21H30ClN5O3. The lowest BCUT2D eigenvalue weighted by molar-refractivity contribution is -0.0365. The smallest absolute Gasteiger partial charge is 0.407 e. The van der Waals surface area contributed by atoms with Crippen LogP contribution in [0.1, 0.15) is 59.6 Å². The van der Waals surface area contributed by atoms with Crippen LogP contribution in [0.3, 0.4) is 0 Å². The third kappa shape index (κ3) is 4.49. The van der Waals surface area contributed by atoms with E-state index in [1.54, 1.807) is 6.20 Å². The van der Waals surface area contributed by atoms with Crippen molar-refractivity contribution in [3.63, 3.8) is 0 Å². The molecule has 2 saturated heterocycles. The second kappa shape index (κ2) is 8.23. The third-order valence-corrected chi connectivity index (χ3v) is 5.74. The predicted molar refractivity (Wildman–Crippen MR) is 116 cm³/mol. The number of ether oxygens (including phenoxy) is 2. The number of amides is 1. The number of halogens is 1. The van der Waals surface area contributed by atoms with Gasteiger partial charge in [-0.05, 0) is 53.4 Å². The molecule has 2 fully saturated rings. The number of aromatic nitrogens is 3.